The van der Waals surface area contributed by atoms with Crippen LogP contribution in [-0.4, -0.2) is 39.9 Å². The summed E-state index contributed by atoms with van der Waals surface area (Å²) in [7, 11) is 0. The molecule has 24 heavy (non-hydrogen) atoms. The first-order chi connectivity index (χ1) is 11.7. The first-order valence-corrected chi connectivity index (χ1v) is 8.23. The Hall–Kier alpha value is -2.37. The second-order valence-corrected chi connectivity index (χ2v) is 6.00. The molecular weight excluding hydrogens is 304 g/mol. The molecule has 0 saturated carbocycles. The predicted octanol–water partition coefficient (Wildman–Crippen LogP) is 2.61. The van der Waals surface area contributed by atoms with Gasteiger partial charge in [0.05, 0.1) is 12.6 Å². The number of hydrogen-bond donors (Lipinski definition) is 3. The maximum atomic E-state index is 10.5. The largest absolute Gasteiger partial charge is 0.481 e. The number of rotatable bonds is 8. The van der Waals surface area contributed by atoms with Crippen LogP contribution in [0.3, 0.4) is 0 Å². The molecule has 0 aliphatic heterocycles. The smallest absolute Gasteiger partial charge is 0.303 e. The summed E-state index contributed by atoms with van der Waals surface area (Å²) >= 11 is 0. The molecule has 1 atom stereocenters. The van der Waals surface area contributed by atoms with Crippen LogP contribution in [0.15, 0.2) is 48.5 Å². The fraction of sp³-hybridized carbons (Fsp3) is 0.316. The normalized spacial score (nSPS) is 12.7. The molecule has 5 heteroatoms. The third kappa shape index (κ3) is 3.58. The van der Waals surface area contributed by atoms with Crippen molar-refractivity contribution in [1.29, 1.82) is 0 Å². The highest BCUT2D eigenvalue weighted by atomic mass is 16.4. The molecule has 3 aromatic rings. The van der Waals surface area contributed by atoms with Crippen molar-refractivity contribution in [1.82, 2.24) is 9.88 Å². The fourth-order valence-corrected chi connectivity index (χ4v) is 3.11. The van der Waals surface area contributed by atoms with Crippen LogP contribution in [0.5, 0.6) is 0 Å². The van der Waals surface area contributed by atoms with Crippen molar-refractivity contribution >= 4 is 27.8 Å². The number of hydrogen-bond acceptors (Lipinski definition) is 3. The number of aliphatic hydroxyl groups is 1. The first-order valence-electron chi connectivity index (χ1n) is 8.23. The zero-order valence-corrected chi connectivity index (χ0v) is 13.5. The number of fused-ring (bicyclic) bond motifs is 3. The number of aromatic nitrogens is 1. The van der Waals surface area contributed by atoms with Crippen molar-refractivity contribution in [2.75, 3.05) is 13.1 Å². The van der Waals surface area contributed by atoms with E-state index in [-0.39, 0.29) is 6.42 Å². The molecule has 0 fully saturated rings. The Kier molecular flexibility index (Phi) is 5.13. The minimum Gasteiger partial charge on any atom is -0.481 e. The Morgan fingerprint density at radius 3 is 2.21 bits per heavy atom. The van der Waals surface area contributed by atoms with E-state index in [1.807, 2.05) is 24.3 Å². The van der Waals surface area contributed by atoms with Crippen LogP contribution in [0.4, 0.5) is 0 Å². The zero-order valence-electron chi connectivity index (χ0n) is 13.5. The molecule has 0 aliphatic rings. The Balaban J connectivity index is 1.71. The Morgan fingerprint density at radius 1 is 1.04 bits per heavy atom. The number of carbonyl (C=O) groups is 1. The van der Waals surface area contributed by atoms with E-state index < -0.39 is 12.1 Å². The SMILES string of the molecule is O=C(O)CCCNCC(O)Cn1c2ccccc2c2ccccc21. The topological polar surface area (TPSA) is 74.5 Å². The Labute approximate surface area is 140 Å². The molecule has 0 spiro atoms. The molecule has 0 aliphatic carbocycles. The lowest BCUT2D eigenvalue weighted by molar-refractivity contribution is -0.137. The van der Waals surface area contributed by atoms with Crippen LogP contribution in [0.2, 0.25) is 0 Å². The molecule has 126 valence electrons. The van der Waals surface area contributed by atoms with E-state index in [4.69, 9.17) is 5.11 Å². The van der Waals surface area contributed by atoms with Gasteiger partial charge in [-0.2, -0.15) is 0 Å². The Bertz CT molecular complexity index is 788. The lowest BCUT2D eigenvalue weighted by Gasteiger charge is -2.14. The molecule has 3 N–H and O–H groups in total. The third-order valence-corrected chi connectivity index (χ3v) is 4.20. The van der Waals surface area contributed by atoms with Gasteiger partial charge in [0.25, 0.3) is 0 Å². The van der Waals surface area contributed by atoms with Crippen LogP contribution in [0.1, 0.15) is 12.8 Å². The lowest BCUT2D eigenvalue weighted by atomic mass is 10.2. The van der Waals surface area contributed by atoms with Crippen molar-refractivity contribution in [3.63, 3.8) is 0 Å². The van der Waals surface area contributed by atoms with Gasteiger partial charge in [-0.25, -0.2) is 0 Å². The molecule has 5 nitrogen and oxygen atoms in total. The van der Waals surface area contributed by atoms with Gasteiger partial charge in [-0.15, -0.1) is 0 Å². The Morgan fingerprint density at radius 2 is 1.62 bits per heavy atom. The second kappa shape index (κ2) is 7.47. The summed E-state index contributed by atoms with van der Waals surface area (Å²) < 4.78 is 2.15. The molecule has 2 aromatic carbocycles. The monoisotopic (exact) mass is 326 g/mol. The highest BCUT2D eigenvalue weighted by Gasteiger charge is 2.12. The number of nitrogens with one attached hydrogen (secondary N) is 1. The van der Waals surface area contributed by atoms with Crippen molar-refractivity contribution in [2.45, 2.75) is 25.5 Å². The van der Waals surface area contributed by atoms with E-state index in [1.54, 1.807) is 0 Å². The van der Waals surface area contributed by atoms with E-state index in [2.05, 4.69) is 34.1 Å². The summed E-state index contributed by atoms with van der Waals surface area (Å²) in [6.07, 6.45) is 0.182. The van der Waals surface area contributed by atoms with Crippen molar-refractivity contribution in [3.05, 3.63) is 48.5 Å². The van der Waals surface area contributed by atoms with E-state index in [9.17, 15) is 9.90 Å². The number of carboxylic acids is 1. The number of nitrogens with zero attached hydrogens (tertiary/aromatic N) is 1. The third-order valence-electron chi connectivity index (χ3n) is 4.20. The summed E-state index contributed by atoms with van der Waals surface area (Å²) in [5, 5.41) is 24.5. The van der Waals surface area contributed by atoms with Gasteiger partial charge in [0.1, 0.15) is 0 Å². The van der Waals surface area contributed by atoms with Crippen LogP contribution < -0.4 is 5.32 Å². The molecular formula is C19H22N2O3. The van der Waals surface area contributed by atoms with E-state index in [0.29, 0.717) is 26.1 Å². The van der Waals surface area contributed by atoms with Crippen LogP contribution >= 0.6 is 0 Å². The number of carboxylic acid groups (broad SMARTS) is 1. The highest BCUT2D eigenvalue weighted by Crippen LogP contribution is 2.28. The maximum Gasteiger partial charge on any atom is 0.303 e. The summed E-state index contributed by atoms with van der Waals surface area (Å²) in [6, 6.07) is 16.4. The van der Waals surface area contributed by atoms with Crippen molar-refractivity contribution in [3.8, 4) is 0 Å². The molecule has 3 rings (SSSR count). The second-order valence-electron chi connectivity index (χ2n) is 6.00. The average molecular weight is 326 g/mol. The summed E-state index contributed by atoms with van der Waals surface area (Å²) in [4.78, 5) is 10.5. The van der Waals surface area contributed by atoms with Gasteiger partial charge in [0, 0.05) is 34.8 Å². The van der Waals surface area contributed by atoms with Crippen LogP contribution in [0.25, 0.3) is 21.8 Å². The zero-order chi connectivity index (χ0) is 16.9. The van der Waals surface area contributed by atoms with Crippen molar-refractivity contribution < 1.29 is 15.0 Å². The minimum absolute atomic E-state index is 0.149. The minimum atomic E-state index is -0.789. The van der Waals surface area contributed by atoms with Gasteiger partial charge >= 0.3 is 5.97 Å². The van der Waals surface area contributed by atoms with Gasteiger partial charge in [-0.3, -0.25) is 4.79 Å². The summed E-state index contributed by atoms with van der Waals surface area (Å²) in [5.41, 5.74) is 2.23. The van der Waals surface area contributed by atoms with Gasteiger partial charge in [0.2, 0.25) is 0 Å². The van der Waals surface area contributed by atoms with E-state index in [1.165, 1.54) is 10.8 Å². The summed E-state index contributed by atoms with van der Waals surface area (Å²) in [5.74, 6) is -0.789. The molecule has 0 amide bonds. The standard InChI is InChI=1S/C19H22N2O3/c22-14(12-20-11-5-10-19(23)24)13-21-17-8-3-1-6-15(17)16-7-2-4-9-18(16)21/h1-4,6-9,14,20,22H,5,10-13H2,(H,23,24). The maximum absolute atomic E-state index is 10.5. The predicted molar refractivity (Wildman–Crippen MR) is 95.2 cm³/mol. The quantitative estimate of drug-likeness (QED) is 0.556. The number of aliphatic hydroxyl groups excluding tert-OH is 1. The molecule has 1 aromatic heterocycles. The van der Waals surface area contributed by atoms with E-state index in [0.717, 1.165) is 11.0 Å². The molecule has 1 heterocycles. The molecule has 0 saturated heterocycles. The van der Waals surface area contributed by atoms with Crippen molar-refractivity contribution in [2.24, 2.45) is 0 Å². The van der Waals surface area contributed by atoms with Gasteiger partial charge in [-0.05, 0) is 25.1 Å². The molecule has 0 radical (unpaired) electrons. The highest BCUT2D eigenvalue weighted by molar-refractivity contribution is 6.07. The average Bonchev–Trinajstić information content (AvgIpc) is 2.89. The lowest BCUT2D eigenvalue weighted by Crippen LogP contribution is -2.31. The first kappa shape index (κ1) is 16.5. The fourth-order valence-electron chi connectivity index (χ4n) is 3.11. The summed E-state index contributed by atoms with van der Waals surface area (Å²) in [6.45, 7) is 1.54. The van der Waals surface area contributed by atoms with Gasteiger partial charge < -0.3 is 20.1 Å². The molecule has 1 unspecified atom stereocenters. The van der Waals surface area contributed by atoms with Crippen LogP contribution in [0, 0.1) is 0 Å². The number of para-hydroxylation sites is 2. The van der Waals surface area contributed by atoms with Gasteiger partial charge in [-0.1, -0.05) is 36.4 Å². The van der Waals surface area contributed by atoms with Gasteiger partial charge in [0.15, 0.2) is 0 Å². The van der Waals surface area contributed by atoms with E-state index >= 15 is 0 Å². The number of aliphatic carboxylic acids is 1. The number of benzene rings is 2. The molecule has 0 bridgehead atoms. The van der Waals surface area contributed by atoms with Crippen LogP contribution in [-0.2, 0) is 11.3 Å².